The molecule has 0 aromatic carbocycles. The highest BCUT2D eigenvalue weighted by Gasteiger charge is 1.95. The van der Waals surface area contributed by atoms with E-state index in [-0.39, 0.29) is 5.91 Å². The maximum atomic E-state index is 10.5. The molecule has 0 aromatic rings. The number of carbonyl (C=O) groups excluding carboxylic acids is 1. The van der Waals surface area contributed by atoms with E-state index in [1.165, 1.54) is 64.2 Å². The molecule has 0 atom stereocenters. The first-order valence-electron chi connectivity index (χ1n) is 7.98. The molecule has 1 amide bonds. The Morgan fingerprint density at radius 2 is 1.10 bits per heavy atom. The van der Waals surface area contributed by atoms with Crippen LogP contribution in [0.15, 0.2) is 0 Å². The van der Waals surface area contributed by atoms with Crippen molar-refractivity contribution in [2.24, 2.45) is 5.73 Å². The molecule has 120 valence electrons. The molecule has 20 heavy (non-hydrogen) atoms. The van der Waals surface area contributed by atoms with E-state index in [0.29, 0.717) is 6.42 Å². The Morgan fingerprint density at radius 3 is 1.40 bits per heavy atom. The van der Waals surface area contributed by atoms with Crippen molar-refractivity contribution in [1.29, 1.82) is 0 Å². The number of hydrogen-bond acceptors (Lipinski definition) is 2. The largest absolute Gasteiger partial charge is 0.481 e. The van der Waals surface area contributed by atoms with Crippen LogP contribution in [-0.4, -0.2) is 17.0 Å². The van der Waals surface area contributed by atoms with Gasteiger partial charge >= 0.3 is 0 Å². The lowest BCUT2D eigenvalue weighted by molar-refractivity contribution is -0.134. The van der Waals surface area contributed by atoms with Crippen molar-refractivity contribution in [2.45, 2.75) is 90.9 Å². The fourth-order valence-electron chi connectivity index (χ4n) is 1.96. The van der Waals surface area contributed by atoms with Gasteiger partial charge in [-0.05, 0) is 6.42 Å². The molecule has 0 saturated heterocycles. The van der Waals surface area contributed by atoms with Crippen molar-refractivity contribution in [1.82, 2.24) is 0 Å². The number of carboxylic acid groups (broad SMARTS) is 1. The van der Waals surface area contributed by atoms with E-state index in [1.807, 2.05) is 0 Å². The van der Waals surface area contributed by atoms with E-state index in [1.54, 1.807) is 0 Å². The van der Waals surface area contributed by atoms with Crippen LogP contribution in [-0.2, 0) is 9.59 Å². The topological polar surface area (TPSA) is 80.4 Å². The van der Waals surface area contributed by atoms with Crippen molar-refractivity contribution in [2.75, 3.05) is 0 Å². The van der Waals surface area contributed by atoms with Gasteiger partial charge in [0.1, 0.15) is 0 Å². The molecule has 0 radical (unpaired) electrons. The van der Waals surface area contributed by atoms with Crippen LogP contribution in [0.3, 0.4) is 0 Å². The average Bonchev–Trinajstić information content (AvgIpc) is 2.35. The van der Waals surface area contributed by atoms with Gasteiger partial charge in [-0.15, -0.1) is 0 Å². The Bertz CT molecular complexity index is 226. The summed E-state index contributed by atoms with van der Waals surface area (Å²) in [5.74, 6) is -0.990. The fourth-order valence-corrected chi connectivity index (χ4v) is 1.96. The smallest absolute Gasteiger partial charge is 0.300 e. The molecule has 0 unspecified atom stereocenters. The third kappa shape index (κ3) is 30.2. The Balaban J connectivity index is 0. The Morgan fingerprint density at radius 1 is 0.800 bits per heavy atom. The molecule has 0 rings (SSSR count). The maximum absolute atomic E-state index is 10.5. The van der Waals surface area contributed by atoms with E-state index < -0.39 is 5.97 Å². The van der Waals surface area contributed by atoms with Crippen LogP contribution < -0.4 is 5.73 Å². The molecular formula is C16H33NO3. The molecule has 0 saturated carbocycles. The van der Waals surface area contributed by atoms with E-state index in [0.717, 1.165) is 13.3 Å². The number of unbranched alkanes of at least 4 members (excludes halogenated alkanes) is 10. The Labute approximate surface area is 124 Å². The van der Waals surface area contributed by atoms with Crippen molar-refractivity contribution in [3.8, 4) is 0 Å². The Hall–Kier alpha value is -1.06. The minimum Gasteiger partial charge on any atom is -0.481 e. The van der Waals surface area contributed by atoms with Crippen LogP contribution in [0, 0.1) is 0 Å². The van der Waals surface area contributed by atoms with Gasteiger partial charge in [0.15, 0.2) is 0 Å². The van der Waals surface area contributed by atoms with E-state index in [2.05, 4.69) is 6.92 Å². The summed E-state index contributed by atoms with van der Waals surface area (Å²) in [6.45, 7) is 3.34. The minimum atomic E-state index is -0.833. The number of primary amides is 1. The molecule has 4 heteroatoms. The fraction of sp³-hybridized carbons (Fsp3) is 0.875. The van der Waals surface area contributed by atoms with E-state index in [9.17, 15) is 4.79 Å². The standard InChI is InChI=1S/C14H29NO.C2H4O2/c1-2-3-4-5-6-7-8-9-10-11-12-13-14(15)16;1-2(3)4/h2-13H2,1H3,(H2,15,16);1H3,(H,3,4). The van der Waals surface area contributed by atoms with Gasteiger partial charge < -0.3 is 10.8 Å². The number of amides is 1. The summed E-state index contributed by atoms with van der Waals surface area (Å²) >= 11 is 0. The SMILES string of the molecule is CC(=O)O.CCCCCCCCCCCCCC(N)=O. The van der Waals surface area contributed by atoms with Crippen molar-refractivity contribution >= 4 is 11.9 Å². The van der Waals surface area contributed by atoms with Gasteiger partial charge in [0.05, 0.1) is 0 Å². The molecule has 0 fully saturated rings. The lowest BCUT2D eigenvalue weighted by Gasteiger charge is -2.01. The summed E-state index contributed by atoms with van der Waals surface area (Å²) in [5, 5.41) is 7.42. The summed E-state index contributed by atoms with van der Waals surface area (Å²) < 4.78 is 0. The number of hydrogen-bond donors (Lipinski definition) is 2. The van der Waals surface area contributed by atoms with Gasteiger partial charge in [-0.1, -0.05) is 71.1 Å². The van der Waals surface area contributed by atoms with Gasteiger partial charge in [-0.3, -0.25) is 9.59 Å². The van der Waals surface area contributed by atoms with Crippen LogP contribution in [0.4, 0.5) is 0 Å². The maximum Gasteiger partial charge on any atom is 0.300 e. The minimum absolute atomic E-state index is 0.157. The zero-order chi connectivity index (χ0) is 15.6. The highest BCUT2D eigenvalue weighted by molar-refractivity contribution is 5.73. The quantitative estimate of drug-likeness (QED) is 0.526. The summed E-state index contributed by atoms with van der Waals surface area (Å²) in [7, 11) is 0. The van der Waals surface area contributed by atoms with Crippen LogP contribution in [0.5, 0.6) is 0 Å². The summed E-state index contributed by atoms with van der Waals surface area (Å²) in [6, 6.07) is 0. The van der Waals surface area contributed by atoms with Crippen LogP contribution in [0.1, 0.15) is 90.9 Å². The predicted molar refractivity (Wildman–Crippen MR) is 83.6 cm³/mol. The molecule has 0 spiro atoms. The first-order valence-corrected chi connectivity index (χ1v) is 7.98. The molecular weight excluding hydrogens is 254 g/mol. The molecule has 0 aliphatic rings. The molecule has 0 aliphatic heterocycles. The number of carbonyl (C=O) groups is 2. The lowest BCUT2D eigenvalue weighted by atomic mass is 10.1. The molecule has 0 bridgehead atoms. The van der Waals surface area contributed by atoms with Gasteiger partial charge in [0, 0.05) is 13.3 Å². The zero-order valence-corrected chi connectivity index (χ0v) is 13.3. The summed E-state index contributed by atoms with van der Waals surface area (Å²) in [6.07, 6.45) is 15.0. The second-order valence-electron chi connectivity index (χ2n) is 5.27. The number of nitrogens with two attached hydrogens (primary N) is 1. The first-order chi connectivity index (χ1) is 9.50. The van der Waals surface area contributed by atoms with Gasteiger partial charge in [-0.2, -0.15) is 0 Å². The summed E-state index contributed by atoms with van der Waals surface area (Å²) in [4.78, 5) is 19.5. The molecule has 3 N–H and O–H groups in total. The normalized spacial score (nSPS) is 9.70. The van der Waals surface area contributed by atoms with Crippen molar-refractivity contribution < 1.29 is 14.7 Å². The zero-order valence-electron chi connectivity index (χ0n) is 13.3. The first kappa shape index (κ1) is 21.2. The third-order valence-electron chi connectivity index (χ3n) is 3.03. The second kappa shape index (κ2) is 17.9. The van der Waals surface area contributed by atoms with Crippen LogP contribution >= 0.6 is 0 Å². The highest BCUT2D eigenvalue weighted by atomic mass is 16.4. The predicted octanol–water partition coefficient (Wildman–Crippen LogP) is 4.26. The monoisotopic (exact) mass is 287 g/mol. The second-order valence-corrected chi connectivity index (χ2v) is 5.27. The number of carboxylic acids is 1. The average molecular weight is 287 g/mol. The third-order valence-corrected chi connectivity index (χ3v) is 3.03. The van der Waals surface area contributed by atoms with Gasteiger partial charge in [0.2, 0.25) is 5.91 Å². The number of aliphatic carboxylic acids is 1. The lowest BCUT2D eigenvalue weighted by Crippen LogP contribution is -2.09. The van der Waals surface area contributed by atoms with Crippen molar-refractivity contribution in [3.63, 3.8) is 0 Å². The summed E-state index contributed by atoms with van der Waals surface area (Å²) in [5.41, 5.74) is 5.07. The highest BCUT2D eigenvalue weighted by Crippen LogP contribution is 2.11. The molecule has 0 heterocycles. The van der Waals surface area contributed by atoms with Gasteiger partial charge in [-0.25, -0.2) is 0 Å². The van der Waals surface area contributed by atoms with Crippen LogP contribution in [0.2, 0.25) is 0 Å². The van der Waals surface area contributed by atoms with E-state index in [4.69, 9.17) is 15.6 Å². The Kier molecular flexibility index (Phi) is 19.1. The molecule has 4 nitrogen and oxygen atoms in total. The number of rotatable bonds is 12. The molecule has 0 aromatic heterocycles. The molecule has 0 aliphatic carbocycles. The van der Waals surface area contributed by atoms with Crippen molar-refractivity contribution in [3.05, 3.63) is 0 Å². The van der Waals surface area contributed by atoms with Crippen LogP contribution in [0.25, 0.3) is 0 Å². The van der Waals surface area contributed by atoms with Gasteiger partial charge in [0.25, 0.3) is 5.97 Å². The van der Waals surface area contributed by atoms with E-state index >= 15 is 0 Å².